The van der Waals surface area contributed by atoms with Crippen LogP contribution in [-0.2, 0) is 0 Å². The van der Waals surface area contributed by atoms with Crippen molar-refractivity contribution in [3.63, 3.8) is 0 Å². The number of aromatic nitrogens is 2. The topological polar surface area (TPSA) is 37.5 Å². The summed E-state index contributed by atoms with van der Waals surface area (Å²) in [5.41, 5.74) is 1.67. The molecule has 0 fully saturated rings. The maximum atomic E-state index is 9.35. The first-order chi connectivity index (χ1) is 7.72. The Labute approximate surface area is 101 Å². The van der Waals surface area contributed by atoms with E-state index < -0.39 is 0 Å². The molecule has 0 atom stereocenters. The lowest BCUT2D eigenvalue weighted by molar-refractivity contribution is 0.472. The van der Waals surface area contributed by atoms with Gasteiger partial charge in [-0.1, -0.05) is 11.6 Å². The van der Waals surface area contributed by atoms with Crippen LogP contribution < -0.4 is 0 Å². The minimum absolute atomic E-state index is 0.223. The molecule has 3 aromatic heterocycles. The molecule has 0 unspecified atom stereocenters. The lowest BCUT2D eigenvalue weighted by Gasteiger charge is -1.92. The van der Waals surface area contributed by atoms with E-state index in [9.17, 15) is 5.11 Å². The van der Waals surface area contributed by atoms with E-state index in [1.807, 2.05) is 18.3 Å². The number of hydrogen-bond acceptors (Lipinski definition) is 3. The van der Waals surface area contributed by atoms with Gasteiger partial charge in [0.2, 0.25) is 0 Å². The van der Waals surface area contributed by atoms with Gasteiger partial charge in [-0.15, -0.1) is 11.3 Å². The molecule has 5 heteroatoms. The number of imidazole rings is 1. The predicted octanol–water partition coefficient (Wildman–Crippen LogP) is 3.42. The first-order valence-electron chi connectivity index (χ1n) is 4.66. The fourth-order valence-corrected chi connectivity index (χ4v) is 2.55. The van der Waals surface area contributed by atoms with Gasteiger partial charge >= 0.3 is 0 Å². The summed E-state index contributed by atoms with van der Waals surface area (Å²) >= 11 is 7.37. The molecule has 0 bridgehead atoms. The number of halogens is 1. The SMILES string of the molecule is Oc1ccc2nc(-c3ccc(Cl)s3)cn2c1. The Kier molecular flexibility index (Phi) is 2.12. The van der Waals surface area contributed by atoms with Crippen molar-refractivity contribution in [2.45, 2.75) is 0 Å². The molecule has 3 rings (SSSR count). The summed E-state index contributed by atoms with van der Waals surface area (Å²) < 4.78 is 2.54. The second-order valence-corrected chi connectivity index (χ2v) is 5.10. The second-order valence-electron chi connectivity index (χ2n) is 3.38. The molecular formula is C11H7ClN2OS. The number of hydrogen-bond donors (Lipinski definition) is 1. The van der Waals surface area contributed by atoms with E-state index in [-0.39, 0.29) is 5.75 Å². The van der Waals surface area contributed by atoms with Gasteiger partial charge in [-0.25, -0.2) is 4.98 Å². The maximum Gasteiger partial charge on any atom is 0.137 e. The zero-order valence-electron chi connectivity index (χ0n) is 8.09. The molecule has 0 saturated carbocycles. The van der Waals surface area contributed by atoms with Crippen LogP contribution in [0.25, 0.3) is 16.2 Å². The Bertz CT molecular complexity index is 659. The molecule has 3 aromatic rings. The van der Waals surface area contributed by atoms with Gasteiger partial charge in [0.25, 0.3) is 0 Å². The van der Waals surface area contributed by atoms with Crippen LogP contribution in [0.1, 0.15) is 0 Å². The molecule has 80 valence electrons. The number of rotatable bonds is 1. The van der Waals surface area contributed by atoms with Gasteiger partial charge in [-0.3, -0.25) is 0 Å². The van der Waals surface area contributed by atoms with Gasteiger partial charge in [0.1, 0.15) is 11.4 Å². The summed E-state index contributed by atoms with van der Waals surface area (Å²) in [6.07, 6.45) is 3.50. The van der Waals surface area contributed by atoms with Crippen molar-refractivity contribution in [1.82, 2.24) is 9.38 Å². The van der Waals surface area contributed by atoms with Gasteiger partial charge in [0.15, 0.2) is 0 Å². The largest absolute Gasteiger partial charge is 0.506 e. The molecule has 0 aromatic carbocycles. The van der Waals surface area contributed by atoms with Crippen molar-refractivity contribution in [2.75, 3.05) is 0 Å². The second kappa shape index (κ2) is 3.50. The van der Waals surface area contributed by atoms with Crippen LogP contribution in [-0.4, -0.2) is 14.5 Å². The fraction of sp³-hybridized carbons (Fsp3) is 0. The van der Waals surface area contributed by atoms with E-state index in [0.717, 1.165) is 20.6 Å². The summed E-state index contributed by atoms with van der Waals surface area (Å²) in [4.78, 5) is 5.46. The first-order valence-corrected chi connectivity index (χ1v) is 5.85. The average Bonchev–Trinajstić information content (AvgIpc) is 2.83. The number of pyridine rings is 1. The Morgan fingerprint density at radius 3 is 2.81 bits per heavy atom. The van der Waals surface area contributed by atoms with Crippen molar-refractivity contribution in [1.29, 1.82) is 0 Å². The Balaban J connectivity index is 2.18. The smallest absolute Gasteiger partial charge is 0.137 e. The van der Waals surface area contributed by atoms with E-state index >= 15 is 0 Å². The number of thiophene rings is 1. The molecule has 1 N–H and O–H groups in total. The van der Waals surface area contributed by atoms with Crippen LogP contribution in [0.5, 0.6) is 5.75 Å². The molecular weight excluding hydrogens is 244 g/mol. The van der Waals surface area contributed by atoms with Gasteiger partial charge in [0, 0.05) is 6.20 Å². The highest BCUT2D eigenvalue weighted by Crippen LogP contribution is 2.30. The zero-order valence-corrected chi connectivity index (χ0v) is 9.66. The molecule has 0 aliphatic carbocycles. The zero-order chi connectivity index (χ0) is 11.1. The molecule has 3 nitrogen and oxygen atoms in total. The third-order valence-corrected chi connectivity index (χ3v) is 3.51. The number of fused-ring (bicyclic) bond motifs is 1. The lowest BCUT2D eigenvalue weighted by atomic mass is 10.4. The Morgan fingerprint density at radius 1 is 1.19 bits per heavy atom. The van der Waals surface area contributed by atoms with Crippen LogP contribution in [0.3, 0.4) is 0 Å². The standard InChI is InChI=1S/C11H7ClN2OS/c12-10-3-2-9(16-10)8-6-14-5-7(15)1-4-11(14)13-8/h1-6,15H. The number of nitrogens with zero attached hydrogens (tertiary/aromatic N) is 2. The van der Waals surface area contributed by atoms with Gasteiger partial charge in [-0.05, 0) is 24.3 Å². The number of aromatic hydroxyl groups is 1. The van der Waals surface area contributed by atoms with E-state index in [4.69, 9.17) is 11.6 Å². The predicted molar refractivity (Wildman–Crippen MR) is 65.2 cm³/mol. The monoisotopic (exact) mass is 250 g/mol. The Hall–Kier alpha value is -1.52. The van der Waals surface area contributed by atoms with Crippen molar-refractivity contribution >= 4 is 28.6 Å². The van der Waals surface area contributed by atoms with Gasteiger partial charge in [0.05, 0.1) is 21.1 Å². The highest BCUT2D eigenvalue weighted by Gasteiger charge is 2.06. The molecule has 0 radical (unpaired) electrons. The fourth-order valence-electron chi connectivity index (χ4n) is 1.55. The summed E-state index contributed by atoms with van der Waals surface area (Å²) in [7, 11) is 0. The quantitative estimate of drug-likeness (QED) is 0.719. The van der Waals surface area contributed by atoms with Crippen molar-refractivity contribution < 1.29 is 5.11 Å². The molecule has 0 aliphatic rings. The highest BCUT2D eigenvalue weighted by molar-refractivity contribution is 7.19. The van der Waals surface area contributed by atoms with E-state index in [1.165, 1.54) is 11.3 Å². The first kappa shape index (κ1) is 9.69. The average molecular weight is 251 g/mol. The van der Waals surface area contributed by atoms with Crippen LogP contribution in [0.15, 0.2) is 36.7 Å². The van der Waals surface area contributed by atoms with E-state index in [0.29, 0.717) is 0 Å². The summed E-state index contributed by atoms with van der Waals surface area (Å²) in [5.74, 6) is 0.223. The lowest BCUT2D eigenvalue weighted by Crippen LogP contribution is -1.79. The molecule has 0 aliphatic heterocycles. The molecule has 0 amide bonds. The third kappa shape index (κ3) is 1.56. The summed E-state index contributed by atoms with van der Waals surface area (Å²) in [5, 5.41) is 9.35. The van der Waals surface area contributed by atoms with Crippen LogP contribution in [0.2, 0.25) is 4.34 Å². The van der Waals surface area contributed by atoms with Crippen molar-refractivity contribution in [3.8, 4) is 16.3 Å². The van der Waals surface area contributed by atoms with Crippen LogP contribution >= 0.6 is 22.9 Å². The molecule has 0 spiro atoms. The summed E-state index contributed by atoms with van der Waals surface area (Å²) in [6, 6.07) is 7.18. The minimum Gasteiger partial charge on any atom is -0.506 e. The van der Waals surface area contributed by atoms with Gasteiger partial charge in [-0.2, -0.15) is 0 Å². The van der Waals surface area contributed by atoms with Crippen molar-refractivity contribution in [2.24, 2.45) is 0 Å². The Morgan fingerprint density at radius 2 is 2.06 bits per heavy atom. The molecule has 0 saturated heterocycles. The molecule has 16 heavy (non-hydrogen) atoms. The third-order valence-electron chi connectivity index (χ3n) is 2.26. The maximum absolute atomic E-state index is 9.35. The summed E-state index contributed by atoms with van der Waals surface area (Å²) in [6.45, 7) is 0. The van der Waals surface area contributed by atoms with Crippen molar-refractivity contribution in [3.05, 3.63) is 41.0 Å². The van der Waals surface area contributed by atoms with Gasteiger partial charge < -0.3 is 9.51 Å². The van der Waals surface area contributed by atoms with E-state index in [2.05, 4.69) is 4.98 Å². The van der Waals surface area contributed by atoms with E-state index in [1.54, 1.807) is 22.7 Å². The normalized spacial score (nSPS) is 11.1. The van der Waals surface area contributed by atoms with Crippen LogP contribution in [0, 0.1) is 0 Å². The van der Waals surface area contributed by atoms with Crippen LogP contribution in [0.4, 0.5) is 0 Å². The molecule has 3 heterocycles. The highest BCUT2D eigenvalue weighted by atomic mass is 35.5. The minimum atomic E-state index is 0.223.